The monoisotopic (exact) mass is 282 g/mol. The van der Waals surface area contributed by atoms with Crippen LogP contribution in [0.5, 0.6) is 0 Å². The Kier molecular flexibility index (Phi) is 4.99. The lowest BCUT2D eigenvalue weighted by molar-refractivity contribution is 0.250. The minimum Gasteiger partial charge on any atom is -0.407 e. The van der Waals surface area contributed by atoms with Gasteiger partial charge in [-0.25, -0.2) is 0 Å². The smallest absolute Gasteiger partial charge is 0.318 e. The number of nitrogens with zero attached hydrogens (tertiary/aromatic N) is 3. The second-order valence-corrected chi connectivity index (χ2v) is 6.46. The minimum absolute atomic E-state index is 0.0187. The molecule has 0 aliphatic carbocycles. The Morgan fingerprint density at radius 2 is 2.10 bits per heavy atom. The summed E-state index contributed by atoms with van der Waals surface area (Å²) in [6.45, 7) is 7.87. The molecule has 0 spiro atoms. The molecule has 1 unspecified atom stereocenters. The van der Waals surface area contributed by atoms with Gasteiger partial charge in [-0.15, -0.1) is 5.10 Å². The fourth-order valence-electron chi connectivity index (χ4n) is 2.39. The van der Waals surface area contributed by atoms with Crippen LogP contribution < -0.4 is 10.2 Å². The van der Waals surface area contributed by atoms with E-state index < -0.39 is 0 Å². The molecule has 0 saturated carbocycles. The van der Waals surface area contributed by atoms with E-state index in [4.69, 9.17) is 4.42 Å². The highest BCUT2D eigenvalue weighted by molar-refractivity contribution is 5.27. The summed E-state index contributed by atoms with van der Waals surface area (Å²) in [6.07, 6.45) is 4.43. The third kappa shape index (κ3) is 4.18. The van der Waals surface area contributed by atoms with Crippen molar-refractivity contribution in [2.24, 2.45) is 0 Å². The summed E-state index contributed by atoms with van der Waals surface area (Å²) in [4.78, 5) is 2.06. The molecule has 2 heterocycles. The molecular formula is C14H26N4O2. The summed E-state index contributed by atoms with van der Waals surface area (Å²) in [7, 11) is 0. The Bertz CT molecular complexity index is 414. The van der Waals surface area contributed by atoms with Crippen LogP contribution in [0.1, 0.15) is 52.3 Å². The molecule has 1 atom stereocenters. The van der Waals surface area contributed by atoms with Gasteiger partial charge in [-0.3, -0.25) is 0 Å². The van der Waals surface area contributed by atoms with E-state index in [1.54, 1.807) is 0 Å². The Balaban J connectivity index is 2.02. The highest BCUT2D eigenvalue weighted by Gasteiger charge is 2.25. The van der Waals surface area contributed by atoms with Gasteiger partial charge in [0.05, 0.1) is 19.2 Å². The van der Waals surface area contributed by atoms with Crippen LogP contribution in [0.4, 0.5) is 6.01 Å². The predicted octanol–water partition coefficient (Wildman–Crippen LogP) is 1.70. The number of hydrogen-bond acceptors (Lipinski definition) is 6. The molecule has 0 amide bonds. The van der Waals surface area contributed by atoms with Crippen molar-refractivity contribution in [3.63, 3.8) is 0 Å². The van der Waals surface area contributed by atoms with Crippen molar-refractivity contribution in [1.82, 2.24) is 15.5 Å². The lowest BCUT2D eigenvalue weighted by Gasteiger charge is -2.26. The summed E-state index contributed by atoms with van der Waals surface area (Å²) >= 11 is 0. The normalized spacial score (nSPS) is 21.0. The van der Waals surface area contributed by atoms with E-state index in [-0.39, 0.29) is 18.2 Å². The number of anilines is 1. The van der Waals surface area contributed by atoms with Gasteiger partial charge in [0.15, 0.2) is 0 Å². The van der Waals surface area contributed by atoms with Crippen molar-refractivity contribution >= 4 is 6.01 Å². The van der Waals surface area contributed by atoms with E-state index in [1.807, 2.05) is 0 Å². The average molecular weight is 282 g/mol. The van der Waals surface area contributed by atoms with Gasteiger partial charge in [0.2, 0.25) is 5.89 Å². The number of aliphatic hydroxyl groups excluding tert-OH is 1. The van der Waals surface area contributed by atoms with E-state index in [0.29, 0.717) is 18.5 Å². The molecule has 20 heavy (non-hydrogen) atoms. The van der Waals surface area contributed by atoms with E-state index >= 15 is 0 Å². The van der Waals surface area contributed by atoms with Gasteiger partial charge in [-0.05, 0) is 33.6 Å². The second-order valence-electron chi connectivity index (χ2n) is 6.46. The molecule has 1 saturated heterocycles. The van der Waals surface area contributed by atoms with E-state index in [0.717, 1.165) is 25.8 Å². The first-order chi connectivity index (χ1) is 9.49. The summed E-state index contributed by atoms with van der Waals surface area (Å²) in [5.41, 5.74) is 0.0187. The van der Waals surface area contributed by atoms with E-state index in [2.05, 4.69) is 41.2 Å². The maximum atomic E-state index is 9.52. The molecule has 6 heteroatoms. The summed E-state index contributed by atoms with van der Waals surface area (Å²) < 4.78 is 5.74. The zero-order valence-electron chi connectivity index (χ0n) is 12.7. The zero-order valence-corrected chi connectivity index (χ0v) is 12.7. The van der Waals surface area contributed by atoms with E-state index in [9.17, 15) is 5.11 Å². The summed E-state index contributed by atoms with van der Waals surface area (Å²) in [5.74, 6) is 0.593. The second kappa shape index (κ2) is 6.54. The van der Waals surface area contributed by atoms with Gasteiger partial charge < -0.3 is 19.7 Å². The molecule has 1 aliphatic heterocycles. The topological polar surface area (TPSA) is 74.4 Å². The Hall–Kier alpha value is -1.14. The Morgan fingerprint density at radius 3 is 2.80 bits per heavy atom. The highest BCUT2D eigenvalue weighted by Crippen LogP contribution is 2.23. The number of hydrogen-bond donors (Lipinski definition) is 2. The molecule has 2 N–H and O–H groups in total. The lowest BCUT2D eigenvalue weighted by atomic mass is 10.1. The third-order valence-corrected chi connectivity index (χ3v) is 3.56. The molecule has 6 nitrogen and oxygen atoms in total. The summed E-state index contributed by atoms with van der Waals surface area (Å²) in [6, 6.07) is 0.637. The average Bonchev–Trinajstić information content (AvgIpc) is 2.72. The highest BCUT2D eigenvalue weighted by atomic mass is 16.4. The van der Waals surface area contributed by atoms with Gasteiger partial charge in [0.25, 0.3) is 0 Å². The van der Waals surface area contributed by atoms with Crippen molar-refractivity contribution in [3.05, 3.63) is 5.89 Å². The predicted molar refractivity (Wildman–Crippen MR) is 77.6 cm³/mol. The van der Waals surface area contributed by atoms with Gasteiger partial charge in [-0.1, -0.05) is 17.9 Å². The maximum Gasteiger partial charge on any atom is 0.318 e. The van der Waals surface area contributed by atoms with Crippen molar-refractivity contribution < 1.29 is 9.52 Å². The fraction of sp³-hybridized carbons (Fsp3) is 0.857. The molecule has 1 aromatic heterocycles. The standard InChI is InChI=1S/C14H26N4O2/c1-14(2,3)15-9-12-16-17-13(20-12)18-8-6-4-5-7-11(18)10-19/h11,15,19H,4-10H2,1-3H3. The molecular weight excluding hydrogens is 256 g/mol. The van der Waals surface area contributed by atoms with Crippen molar-refractivity contribution in [2.75, 3.05) is 18.1 Å². The quantitative estimate of drug-likeness (QED) is 0.875. The van der Waals surface area contributed by atoms with Gasteiger partial charge in [0.1, 0.15) is 0 Å². The number of aliphatic hydroxyl groups is 1. The van der Waals surface area contributed by atoms with E-state index in [1.165, 1.54) is 6.42 Å². The molecule has 1 fully saturated rings. The molecule has 1 aromatic rings. The molecule has 0 bridgehead atoms. The van der Waals surface area contributed by atoms with Crippen LogP contribution in [0, 0.1) is 0 Å². The summed E-state index contributed by atoms with van der Waals surface area (Å²) in [5, 5.41) is 21.1. The van der Waals surface area contributed by atoms with Crippen molar-refractivity contribution in [2.45, 2.75) is 64.6 Å². The first kappa shape index (κ1) is 15.3. The van der Waals surface area contributed by atoms with Crippen LogP contribution in [0.2, 0.25) is 0 Å². The zero-order chi connectivity index (χ0) is 14.6. The molecule has 2 rings (SSSR count). The van der Waals surface area contributed by atoms with Gasteiger partial charge >= 0.3 is 6.01 Å². The van der Waals surface area contributed by atoms with Crippen LogP contribution in [-0.2, 0) is 6.54 Å². The largest absolute Gasteiger partial charge is 0.407 e. The van der Waals surface area contributed by atoms with Crippen LogP contribution >= 0.6 is 0 Å². The first-order valence-corrected chi connectivity index (χ1v) is 7.44. The van der Waals surface area contributed by atoms with Gasteiger partial charge in [0, 0.05) is 12.1 Å². The number of aromatic nitrogens is 2. The molecule has 1 aliphatic rings. The first-order valence-electron chi connectivity index (χ1n) is 7.44. The van der Waals surface area contributed by atoms with Crippen LogP contribution in [0.3, 0.4) is 0 Å². The maximum absolute atomic E-state index is 9.52. The Morgan fingerprint density at radius 1 is 1.30 bits per heavy atom. The van der Waals surface area contributed by atoms with Crippen molar-refractivity contribution in [1.29, 1.82) is 0 Å². The number of nitrogens with one attached hydrogen (secondary N) is 1. The van der Waals surface area contributed by atoms with Crippen LogP contribution in [0.15, 0.2) is 4.42 Å². The minimum atomic E-state index is 0.0187. The van der Waals surface area contributed by atoms with Crippen LogP contribution in [-0.4, -0.2) is 40.0 Å². The lowest BCUT2D eigenvalue weighted by Crippen LogP contribution is -2.37. The molecule has 0 radical (unpaired) electrons. The van der Waals surface area contributed by atoms with Crippen LogP contribution in [0.25, 0.3) is 0 Å². The van der Waals surface area contributed by atoms with Crippen molar-refractivity contribution in [3.8, 4) is 0 Å². The molecule has 114 valence electrons. The third-order valence-electron chi connectivity index (χ3n) is 3.56. The van der Waals surface area contributed by atoms with Gasteiger partial charge in [-0.2, -0.15) is 0 Å². The Labute approximate surface area is 120 Å². The number of rotatable bonds is 4. The molecule has 0 aromatic carbocycles. The fourth-order valence-corrected chi connectivity index (χ4v) is 2.39. The SMILES string of the molecule is CC(C)(C)NCc1nnc(N2CCCCCC2CO)o1.